The third kappa shape index (κ3) is 4.05. The third-order valence-electron chi connectivity index (χ3n) is 4.11. The lowest BCUT2D eigenvalue weighted by Gasteiger charge is -2.14. The highest BCUT2D eigenvalue weighted by atomic mass is 32.1. The van der Waals surface area contributed by atoms with Crippen LogP contribution in [0.15, 0.2) is 77.5 Å². The molecule has 0 unspecified atom stereocenters. The average Bonchev–Trinajstić information content (AvgIpc) is 3.30. The molecule has 0 saturated heterocycles. The lowest BCUT2D eigenvalue weighted by molar-refractivity contribution is 0.240. The number of benzene rings is 2. The smallest absolute Gasteiger partial charge is 0.288 e. The van der Waals surface area contributed by atoms with E-state index >= 15 is 0 Å². The zero-order chi connectivity index (χ0) is 18.6. The molecule has 0 bridgehead atoms. The highest BCUT2D eigenvalue weighted by molar-refractivity contribution is 7.71. The van der Waals surface area contributed by atoms with Crippen molar-refractivity contribution in [1.82, 2.24) is 24.5 Å². The summed E-state index contributed by atoms with van der Waals surface area (Å²) in [6, 6.07) is 19.8. The van der Waals surface area contributed by atoms with E-state index in [9.17, 15) is 0 Å². The number of hydrogen-bond acceptors (Lipinski definition) is 5. The van der Waals surface area contributed by atoms with Gasteiger partial charge in [-0.05, 0) is 43.5 Å². The topological polar surface area (TPSA) is 52.0 Å². The summed E-state index contributed by atoms with van der Waals surface area (Å²) < 4.78 is 9.20. The fourth-order valence-corrected chi connectivity index (χ4v) is 3.02. The van der Waals surface area contributed by atoms with Crippen molar-refractivity contribution in [3.63, 3.8) is 0 Å². The molecule has 0 aliphatic heterocycles. The summed E-state index contributed by atoms with van der Waals surface area (Å²) in [7, 11) is 2.01. The van der Waals surface area contributed by atoms with Crippen molar-refractivity contribution in [2.24, 2.45) is 0 Å². The van der Waals surface area contributed by atoms with Crippen LogP contribution < -0.4 is 0 Å². The van der Waals surface area contributed by atoms with Crippen LogP contribution in [0.1, 0.15) is 5.56 Å². The van der Waals surface area contributed by atoms with Gasteiger partial charge in [-0.15, -0.1) is 5.10 Å². The first-order valence-corrected chi connectivity index (χ1v) is 9.01. The fraction of sp³-hybridized carbons (Fsp3) is 0.150. The summed E-state index contributed by atoms with van der Waals surface area (Å²) in [4.78, 5) is 2.47. The summed E-state index contributed by atoms with van der Waals surface area (Å²) in [5, 5.41) is 8.93. The van der Waals surface area contributed by atoms with E-state index in [1.807, 2.05) is 84.8 Å². The largest absolute Gasteiger partial charge is 0.409 e. The molecule has 0 radical (unpaired) electrons. The number of hydrogen-bond donors (Lipinski definition) is 0. The number of aromatic nitrogens is 4. The lowest BCUT2D eigenvalue weighted by Crippen LogP contribution is -2.22. The van der Waals surface area contributed by atoms with Crippen molar-refractivity contribution >= 4 is 12.2 Å². The Morgan fingerprint density at radius 1 is 1.04 bits per heavy atom. The van der Waals surface area contributed by atoms with E-state index in [1.165, 1.54) is 0 Å². The lowest BCUT2D eigenvalue weighted by atomic mass is 10.2. The third-order valence-corrected chi connectivity index (χ3v) is 4.41. The molecular weight excluding hydrogens is 358 g/mol. The van der Waals surface area contributed by atoms with Gasteiger partial charge in [-0.1, -0.05) is 36.4 Å². The molecule has 4 rings (SSSR count). The fourth-order valence-electron chi connectivity index (χ4n) is 2.85. The molecule has 4 aromatic rings. The Labute approximate surface area is 162 Å². The van der Waals surface area contributed by atoms with Gasteiger partial charge in [0.05, 0.1) is 18.6 Å². The van der Waals surface area contributed by atoms with Gasteiger partial charge >= 0.3 is 0 Å². The van der Waals surface area contributed by atoms with Crippen molar-refractivity contribution in [3.05, 3.63) is 83.5 Å². The Balaban J connectivity index is 1.44. The second kappa shape index (κ2) is 7.69. The molecule has 0 aliphatic carbocycles. The molecule has 136 valence electrons. The molecular formula is C20H19N5OS. The van der Waals surface area contributed by atoms with Crippen LogP contribution in [-0.4, -0.2) is 31.5 Å². The SMILES string of the molecule is CN(Cc1cnn(-c2ccccc2)c1)Cn1nc(-c2ccccc2)oc1=S. The Bertz CT molecular complexity index is 1070. The van der Waals surface area contributed by atoms with E-state index in [1.54, 1.807) is 4.68 Å². The Morgan fingerprint density at radius 3 is 2.48 bits per heavy atom. The minimum absolute atomic E-state index is 0.362. The van der Waals surface area contributed by atoms with Crippen LogP contribution in [0.5, 0.6) is 0 Å². The van der Waals surface area contributed by atoms with Gasteiger partial charge in [0, 0.05) is 23.9 Å². The van der Waals surface area contributed by atoms with Gasteiger partial charge < -0.3 is 4.42 Å². The van der Waals surface area contributed by atoms with Gasteiger partial charge in [0.25, 0.3) is 4.84 Å². The van der Waals surface area contributed by atoms with Crippen molar-refractivity contribution < 1.29 is 4.42 Å². The maximum Gasteiger partial charge on any atom is 0.288 e. The van der Waals surface area contributed by atoms with Crippen LogP contribution in [0, 0.1) is 4.84 Å². The summed E-state index contributed by atoms with van der Waals surface area (Å²) in [6.45, 7) is 1.26. The van der Waals surface area contributed by atoms with Crippen LogP contribution in [0.2, 0.25) is 0 Å². The second-order valence-corrected chi connectivity index (χ2v) is 6.67. The van der Waals surface area contributed by atoms with Crippen molar-refractivity contribution in [3.8, 4) is 17.1 Å². The first-order valence-electron chi connectivity index (χ1n) is 8.60. The van der Waals surface area contributed by atoms with E-state index in [0.29, 0.717) is 17.4 Å². The molecule has 2 aromatic heterocycles. The zero-order valence-electron chi connectivity index (χ0n) is 14.9. The van der Waals surface area contributed by atoms with E-state index in [0.717, 1.165) is 23.4 Å². The Kier molecular flexibility index (Phi) is 4.95. The molecule has 2 aromatic carbocycles. The van der Waals surface area contributed by atoms with Gasteiger partial charge in [-0.2, -0.15) is 5.10 Å². The standard InChI is InChI=1S/C20H19N5OS/c1-23(13-16-12-21-24(14-16)18-10-6-3-7-11-18)15-25-20(27)26-19(22-25)17-8-4-2-5-9-17/h2-12,14H,13,15H2,1H3. The molecule has 6 nitrogen and oxygen atoms in total. The van der Waals surface area contributed by atoms with Crippen molar-refractivity contribution in [2.45, 2.75) is 13.2 Å². The molecule has 0 spiro atoms. The second-order valence-electron chi connectivity index (χ2n) is 6.32. The van der Waals surface area contributed by atoms with Crippen LogP contribution in [0.25, 0.3) is 17.1 Å². The Hall–Kier alpha value is -3.03. The first-order chi connectivity index (χ1) is 13.2. The molecule has 0 atom stereocenters. The predicted molar refractivity (Wildman–Crippen MR) is 106 cm³/mol. The maximum absolute atomic E-state index is 5.64. The molecule has 7 heteroatoms. The normalized spacial score (nSPS) is 11.2. The predicted octanol–water partition coefficient (Wildman–Crippen LogP) is 4.15. The molecule has 0 amide bonds. The maximum atomic E-state index is 5.64. The van der Waals surface area contributed by atoms with Crippen LogP contribution in [0.4, 0.5) is 0 Å². The first kappa shape index (κ1) is 17.4. The van der Waals surface area contributed by atoms with Gasteiger partial charge in [0.15, 0.2) is 0 Å². The summed E-state index contributed by atoms with van der Waals surface area (Å²) in [5.41, 5.74) is 3.06. The molecule has 0 fully saturated rings. The molecule has 0 aliphatic rings. The highest BCUT2D eigenvalue weighted by Crippen LogP contribution is 2.17. The van der Waals surface area contributed by atoms with Gasteiger partial charge in [-0.3, -0.25) is 4.90 Å². The van der Waals surface area contributed by atoms with Crippen molar-refractivity contribution in [1.29, 1.82) is 0 Å². The van der Waals surface area contributed by atoms with E-state index < -0.39 is 0 Å². The number of para-hydroxylation sites is 1. The van der Waals surface area contributed by atoms with Crippen LogP contribution in [0.3, 0.4) is 0 Å². The Morgan fingerprint density at radius 2 is 1.74 bits per heavy atom. The summed E-state index contributed by atoms with van der Waals surface area (Å²) in [5.74, 6) is 0.533. The number of nitrogens with zero attached hydrogens (tertiary/aromatic N) is 5. The average molecular weight is 377 g/mol. The van der Waals surface area contributed by atoms with Crippen LogP contribution in [-0.2, 0) is 13.2 Å². The summed E-state index contributed by atoms with van der Waals surface area (Å²) >= 11 is 5.31. The van der Waals surface area contributed by atoms with E-state index in [2.05, 4.69) is 15.1 Å². The zero-order valence-corrected chi connectivity index (χ0v) is 15.7. The minimum Gasteiger partial charge on any atom is -0.409 e. The highest BCUT2D eigenvalue weighted by Gasteiger charge is 2.10. The quantitative estimate of drug-likeness (QED) is 0.473. The van der Waals surface area contributed by atoms with Crippen molar-refractivity contribution in [2.75, 3.05) is 7.05 Å². The summed E-state index contributed by atoms with van der Waals surface area (Å²) in [6.07, 6.45) is 3.91. The van der Waals surface area contributed by atoms with Gasteiger partial charge in [-0.25, -0.2) is 9.36 Å². The van der Waals surface area contributed by atoms with Crippen LogP contribution >= 0.6 is 12.2 Å². The molecule has 27 heavy (non-hydrogen) atoms. The van der Waals surface area contributed by atoms with Gasteiger partial charge in [0.2, 0.25) is 5.89 Å². The molecule has 0 N–H and O–H groups in total. The molecule has 2 heterocycles. The monoisotopic (exact) mass is 377 g/mol. The van der Waals surface area contributed by atoms with Gasteiger partial charge in [0.1, 0.15) is 0 Å². The number of rotatable bonds is 6. The van der Waals surface area contributed by atoms with E-state index in [4.69, 9.17) is 16.6 Å². The van der Waals surface area contributed by atoms with E-state index in [-0.39, 0.29) is 0 Å². The minimum atomic E-state index is 0.362. The molecule has 0 saturated carbocycles.